The number of benzene rings is 1. The number of halogens is 1. The molecular formula is C13H11BrN2O2S. The van der Waals surface area contributed by atoms with Crippen molar-refractivity contribution in [3.63, 3.8) is 0 Å². The molecule has 98 valence electrons. The minimum atomic E-state index is -0.260. The van der Waals surface area contributed by atoms with Crippen LogP contribution in [0.3, 0.4) is 0 Å². The molecule has 1 aromatic heterocycles. The molecule has 0 fully saturated rings. The van der Waals surface area contributed by atoms with E-state index < -0.39 is 0 Å². The lowest BCUT2D eigenvalue weighted by molar-refractivity contribution is 0.0970. The number of nitrogens with zero attached hydrogens (tertiary/aromatic N) is 2. The van der Waals surface area contributed by atoms with Crippen molar-refractivity contribution < 1.29 is 4.79 Å². The minimum absolute atomic E-state index is 0.0100. The van der Waals surface area contributed by atoms with Gasteiger partial charge >= 0.3 is 0 Å². The van der Waals surface area contributed by atoms with Gasteiger partial charge in [-0.25, -0.2) is 4.98 Å². The highest BCUT2D eigenvalue weighted by Crippen LogP contribution is 2.15. The van der Waals surface area contributed by atoms with Crippen LogP contribution in [0, 0.1) is 0 Å². The number of hydrogen-bond donors (Lipinski definition) is 0. The monoisotopic (exact) mass is 338 g/mol. The van der Waals surface area contributed by atoms with E-state index in [1.807, 2.05) is 18.4 Å². The van der Waals surface area contributed by atoms with Crippen LogP contribution < -0.4 is 5.56 Å². The van der Waals surface area contributed by atoms with Gasteiger partial charge in [0.2, 0.25) is 0 Å². The van der Waals surface area contributed by atoms with Crippen LogP contribution in [0.15, 0.2) is 51.0 Å². The zero-order valence-electron chi connectivity index (χ0n) is 10.2. The number of hydrogen-bond acceptors (Lipinski definition) is 4. The van der Waals surface area contributed by atoms with Crippen molar-refractivity contribution >= 4 is 33.5 Å². The summed E-state index contributed by atoms with van der Waals surface area (Å²) >= 11 is 4.72. The molecule has 0 aliphatic carbocycles. The van der Waals surface area contributed by atoms with E-state index in [4.69, 9.17) is 0 Å². The van der Waals surface area contributed by atoms with Gasteiger partial charge in [-0.2, -0.15) is 0 Å². The molecule has 19 heavy (non-hydrogen) atoms. The van der Waals surface area contributed by atoms with Crippen molar-refractivity contribution in [2.75, 3.05) is 6.26 Å². The standard InChI is InChI=1S/C13H11BrN2O2S/c1-19-10-4-2-9(3-5-10)12(17)7-16-8-15-6-11(14)13(16)18/h2-6,8H,7H2,1H3. The number of rotatable bonds is 4. The average Bonchev–Trinajstić information content (AvgIpc) is 2.44. The number of ketones is 1. The van der Waals surface area contributed by atoms with Crippen LogP contribution >= 0.6 is 27.7 Å². The van der Waals surface area contributed by atoms with Crippen molar-refractivity contribution in [3.05, 3.63) is 57.2 Å². The quantitative estimate of drug-likeness (QED) is 0.635. The van der Waals surface area contributed by atoms with E-state index in [2.05, 4.69) is 20.9 Å². The minimum Gasteiger partial charge on any atom is -0.292 e. The maximum absolute atomic E-state index is 12.1. The first-order valence-corrected chi connectivity index (χ1v) is 7.51. The molecule has 0 bridgehead atoms. The number of aromatic nitrogens is 2. The van der Waals surface area contributed by atoms with Crippen molar-refractivity contribution in [1.29, 1.82) is 0 Å². The summed E-state index contributed by atoms with van der Waals surface area (Å²) in [6.07, 6.45) is 4.75. The van der Waals surface area contributed by atoms with Crippen molar-refractivity contribution in [2.24, 2.45) is 0 Å². The number of Topliss-reactive ketones (excluding diaryl/α,β-unsaturated/α-hetero) is 1. The zero-order chi connectivity index (χ0) is 13.8. The summed E-state index contributed by atoms with van der Waals surface area (Å²) in [5, 5.41) is 0. The summed E-state index contributed by atoms with van der Waals surface area (Å²) in [7, 11) is 0. The van der Waals surface area contributed by atoms with E-state index in [1.54, 1.807) is 23.9 Å². The normalized spacial score (nSPS) is 10.4. The fourth-order valence-corrected chi connectivity index (χ4v) is 2.31. The van der Waals surface area contributed by atoms with Gasteiger partial charge in [0.05, 0.1) is 12.9 Å². The third-order valence-electron chi connectivity index (χ3n) is 2.59. The second-order valence-corrected chi connectivity index (χ2v) is 5.56. The SMILES string of the molecule is CSc1ccc(C(=O)Cn2cncc(Br)c2=O)cc1. The van der Waals surface area contributed by atoms with Crippen molar-refractivity contribution in [3.8, 4) is 0 Å². The van der Waals surface area contributed by atoms with Crippen LogP contribution in [0.4, 0.5) is 0 Å². The molecule has 1 aromatic carbocycles. The number of carbonyl (C=O) groups excluding carboxylic acids is 1. The summed E-state index contributed by atoms with van der Waals surface area (Å²) < 4.78 is 1.63. The van der Waals surface area contributed by atoms with Crippen molar-refractivity contribution in [1.82, 2.24) is 9.55 Å². The van der Waals surface area contributed by atoms with Crippen molar-refractivity contribution in [2.45, 2.75) is 11.4 Å². The van der Waals surface area contributed by atoms with Crippen LogP contribution in [-0.4, -0.2) is 21.6 Å². The largest absolute Gasteiger partial charge is 0.292 e. The van der Waals surface area contributed by atoms with E-state index in [-0.39, 0.29) is 17.9 Å². The van der Waals surface area contributed by atoms with E-state index in [9.17, 15) is 9.59 Å². The molecule has 0 amide bonds. The lowest BCUT2D eigenvalue weighted by Crippen LogP contribution is -2.24. The second kappa shape index (κ2) is 6.16. The molecular weight excluding hydrogens is 328 g/mol. The molecule has 4 nitrogen and oxygen atoms in total. The summed E-state index contributed by atoms with van der Waals surface area (Å²) in [4.78, 5) is 28.8. The van der Waals surface area contributed by atoms with Crippen LogP contribution in [0.5, 0.6) is 0 Å². The lowest BCUT2D eigenvalue weighted by atomic mass is 10.1. The Morgan fingerprint density at radius 1 is 1.37 bits per heavy atom. The molecule has 2 aromatic rings. The highest BCUT2D eigenvalue weighted by molar-refractivity contribution is 9.10. The molecule has 0 aliphatic heterocycles. The molecule has 0 N–H and O–H groups in total. The van der Waals surface area contributed by atoms with E-state index in [0.29, 0.717) is 10.0 Å². The summed E-state index contributed by atoms with van der Waals surface area (Å²) in [5.74, 6) is -0.116. The third kappa shape index (κ3) is 3.33. The third-order valence-corrected chi connectivity index (χ3v) is 3.87. The lowest BCUT2D eigenvalue weighted by Gasteiger charge is -2.05. The number of thioether (sulfide) groups is 1. The molecule has 0 unspecified atom stereocenters. The molecule has 0 saturated heterocycles. The van der Waals surface area contributed by atoms with Gasteiger partial charge in [-0.15, -0.1) is 11.8 Å². The molecule has 0 atom stereocenters. The van der Waals surface area contributed by atoms with Crippen LogP contribution in [0.2, 0.25) is 0 Å². The molecule has 0 aliphatic rings. The van der Waals surface area contributed by atoms with E-state index in [0.717, 1.165) is 4.90 Å². The Bertz CT molecular complexity index is 652. The Labute approximate surface area is 123 Å². The van der Waals surface area contributed by atoms with Gasteiger partial charge in [0.25, 0.3) is 5.56 Å². The maximum Gasteiger partial charge on any atom is 0.268 e. The van der Waals surface area contributed by atoms with Gasteiger partial charge < -0.3 is 0 Å². The average molecular weight is 339 g/mol. The molecule has 2 rings (SSSR count). The Hall–Kier alpha value is -1.40. The molecule has 6 heteroatoms. The zero-order valence-corrected chi connectivity index (χ0v) is 12.6. The Kier molecular flexibility index (Phi) is 4.55. The smallest absolute Gasteiger partial charge is 0.268 e. The summed E-state index contributed by atoms with van der Waals surface area (Å²) in [6.45, 7) is -0.0100. The van der Waals surface area contributed by atoms with Gasteiger partial charge in [-0.3, -0.25) is 14.2 Å². The molecule has 0 spiro atoms. The van der Waals surface area contributed by atoms with Crippen LogP contribution in [0.25, 0.3) is 0 Å². The fraction of sp³-hybridized carbons (Fsp3) is 0.154. The summed E-state index contributed by atoms with van der Waals surface area (Å²) in [5.41, 5.74) is 0.328. The highest BCUT2D eigenvalue weighted by Gasteiger charge is 2.09. The number of carbonyl (C=O) groups is 1. The Morgan fingerprint density at radius 2 is 2.05 bits per heavy atom. The predicted molar refractivity (Wildman–Crippen MR) is 78.8 cm³/mol. The Morgan fingerprint density at radius 3 is 2.68 bits per heavy atom. The van der Waals surface area contributed by atoms with Gasteiger partial charge in [0.15, 0.2) is 5.78 Å². The van der Waals surface area contributed by atoms with Gasteiger partial charge in [-0.1, -0.05) is 12.1 Å². The first-order chi connectivity index (χ1) is 9.11. The van der Waals surface area contributed by atoms with Gasteiger partial charge in [0, 0.05) is 16.7 Å². The van der Waals surface area contributed by atoms with Gasteiger partial charge in [-0.05, 0) is 34.3 Å². The van der Waals surface area contributed by atoms with E-state index >= 15 is 0 Å². The fourth-order valence-electron chi connectivity index (χ4n) is 1.56. The first-order valence-electron chi connectivity index (χ1n) is 5.49. The predicted octanol–water partition coefficient (Wildman–Crippen LogP) is 2.61. The van der Waals surface area contributed by atoms with Crippen LogP contribution in [0.1, 0.15) is 10.4 Å². The Balaban J connectivity index is 2.20. The first kappa shape index (κ1) is 14.0. The molecule has 1 heterocycles. The molecule has 0 saturated carbocycles. The topological polar surface area (TPSA) is 52.0 Å². The van der Waals surface area contributed by atoms with Gasteiger partial charge in [0.1, 0.15) is 4.47 Å². The summed E-state index contributed by atoms with van der Waals surface area (Å²) in [6, 6.07) is 7.31. The maximum atomic E-state index is 12.1. The second-order valence-electron chi connectivity index (χ2n) is 3.83. The molecule has 0 radical (unpaired) electrons. The highest BCUT2D eigenvalue weighted by atomic mass is 79.9. The van der Waals surface area contributed by atoms with E-state index in [1.165, 1.54) is 17.1 Å². The van der Waals surface area contributed by atoms with Crippen LogP contribution in [-0.2, 0) is 6.54 Å².